The zero-order chi connectivity index (χ0) is 17.6. The van der Waals surface area contributed by atoms with Crippen molar-refractivity contribution in [1.82, 2.24) is 14.8 Å². The van der Waals surface area contributed by atoms with Crippen molar-refractivity contribution < 1.29 is 4.74 Å². The molecule has 0 radical (unpaired) electrons. The summed E-state index contributed by atoms with van der Waals surface area (Å²) in [6.45, 7) is 8.77. The third kappa shape index (κ3) is 5.38. The first-order chi connectivity index (χ1) is 11.4. The summed E-state index contributed by atoms with van der Waals surface area (Å²) in [6, 6.07) is 7.53. The minimum Gasteiger partial charge on any atom is -0.486 e. The Balaban J connectivity index is 2.32. The summed E-state index contributed by atoms with van der Waals surface area (Å²) in [4.78, 5) is 4.02. The van der Waals surface area contributed by atoms with Crippen molar-refractivity contribution in [3.63, 3.8) is 0 Å². The molecule has 1 aromatic carbocycles. The largest absolute Gasteiger partial charge is 0.486 e. The molecular formula is C19H26ClN3O. The number of unbranched alkanes of at least 4 members (excludes halogenated alkanes) is 1. The summed E-state index contributed by atoms with van der Waals surface area (Å²) in [5, 5.41) is 4.92. The van der Waals surface area contributed by atoms with Crippen molar-refractivity contribution in [1.29, 1.82) is 0 Å². The summed E-state index contributed by atoms with van der Waals surface area (Å²) in [5.74, 6) is 0.828. The summed E-state index contributed by atoms with van der Waals surface area (Å²) < 4.78 is 8.06. The van der Waals surface area contributed by atoms with Gasteiger partial charge < -0.3 is 4.74 Å². The molecule has 0 N–H and O–H groups in total. The van der Waals surface area contributed by atoms with Gasteiger partial charge in [0, 0.05) is 11.2 Å². The van der Waals surface area contributed by atoms with Gasteiger partial charge in [-0.15, -0.1) is 0 Å². The first-order valence-corrected chi connectivity index (χ1v) is 8.76. The maximum absolute atomic E-state index is 6.32. The topological polar surface area (TPSA) is 39.9 Å². The minimum atomic E-state index is -0.0449. The number of aromatic nitrogens is 3. The smallest absolute Gasteiger partial charge is 0.138 e. The van der Waals surface area contributed by atoms with Crippen LogP contribution < -0.4 is 4.74 Å². The average molecular weight is 348 g/mol. The van der Waals surface area contributed by atoms with Crippen LogP contribution in [0.3, 0.4) is 0 Å². The van der Waals surface area contributed by atoms with Crippen LogP contribution in [0.4, 0.5) is 0 Å². The second-order valence-corrected chi connectivity index (χ2v) is 7.35. The molecule has 0 bridgehead atoms. The van der Waals surface area contributed by atoms with Crippen LogP contribution in [0, 0.1) is 5.41 Å². The maximum Gasteiger partial charge on any atom is 0.138 e. The molecule has 2 rings (SSSR count). The minimum absolute atomic E-state index is 0.0182. The summed E-state index contributed by atoms with van der Waals surface area (Å²) >= 11 is 5.98. The fourth-order valence-corrected chi connectivity index (χ4v) is 2.66. The lowest BCUT2D eigenvalue weighted by atomic mass is 9.82. The van der Waals surface area contributed by atoms with Crippen molar-refractivity contribution in [2.75, 3.05) is 0 Å². The Morgan fingerprint density at radius 2 is 2.00 bits per heavy atom. The van der Waals surface area contributed by atoms with Crippen LogP contribution in [0.1, 0.15) is 47.0 Å². The quantitative estimate of drug-likeness (QED) is 0.668. The lowest BCUT2D eigenvalue weighted by Crippen LogP contribution is -2.28. The number of halogens is 1. The maximum atomic E-state index is 6.32. The van der Waals surface area contributed by atoms with E-state index >= 15 is 0 Å². The van der Waals surface area contributed by atoms with Gasteiger partial charge in [-0.3, -0.25) is 0 Å². The van der Waals surface area contributed by atoms with Crippen LogP contribution >= 0.6 is 11.6 Å². The molecular weight excluding hydrogens is 322 g/mol. The van der Waals surface area contributed by atoms with Crippen LogP contribution in [-0.4, -0.2) is 20.9 Å². The standard InChI is InChI=1S/C19H26ClN3O/c1-5-6-7-18(24-16-10-8-15(20)9-11-16)17(19(2,3)4)12-23-14-21-13-22-23/h8-14,18H,5-7H2,1-4H3/b17-12-. The normalized spacial score (nSPS) is 13.8. The van der Waals surface area contributed by atoms with Crippen molar-refractivity contribution in [2.45, 2.75) is 53.1 Å². The average Bonchev–Trinajstić information content (AvgIpc) is 3.03. The fourth-order valence-electron chi connectivity index (χ4n) is 2.53. The van der Waals surface area contributed by atoms with E-state index in [9.17, 15) is 0 Å². The molecule has 0 spiro atoms. The van der Waals surface area contributed by atoms with Crippen LogP contribution in [0.15, 0.2) is 42.5 Å². The van der Waals surface area contributed by atoms with Crippen LogP contribution in [0.2, 0.25) is 5.02 Å². The van der Waals surface area contributed by atoms with E-state index in [1.54, 1.807) is 11.0 Å². The Morgan fingerprint density at radius 1 is 1.29 bits per heavy atom. The van der Waals surface area contributed by atoms with Gasteiger partial charge in [0.15, 0.2) is 0 Å². The van der Waals surface area contributed by atoms with E-state index < -0.39 is 0 Å². The molecule has 2 aromatic rings. The number of rotatable bonds is 7. The molecule has 4 nitrogen and oxygen atoms in total. The van der Waals surface area contributed by atoms with Gasteiger partial charge in [-0.25, -0.2) is 9.67 Å². The van der Waals surface area contributed by atoms with E-state index in [1.807, 2.05) is 30.5 Å². The molecule has 5 heteroatoms. The lowest BCUT2D eigenvalue weighted by molar-refractivity contribution is 0.197. The SMILES string of the molecule is CCCCC(Oc1ccc(Cl)cc1)/C(=C/n1cncn1)C(C)(C)C. The number of benzene rings is 1. The van der Waals surface area contributed by atoms with Crippen LogP contribution in [-0.2, 0) is 0 Å². The molecule has 1 unspecified atom stereocenters. The molecule has 0 aliphatic heterocycles. The summed E-state index contributed by atoms with van der Waals surface area (Å²) in [5.41, 5.74) is 1.15. The fraction of sp³-hybridized carbons (Fsp3) is 0.474. The van der Waals surface area contributed by atoms with E-state index in [0.29, 0.717) is 5.02 Å². The zero-order valence-corrected chi connectivity index (χ0v) is 15.6. The Hall–Kier alpha value is -1.81. The highest BCUT2D eigenvalue weighted by Gasteiger charge is 2.27. The highest BCUT2D eigenvalue weighted by atomic mass is 35.5. The Bertz CT molecular complexity index is 642. The first-order valence-electron chi connectivity index (χ1n) is 8.38. The van der Waals surface area contributed by atoms with Crippen molar-refractivity contribution >= 4 is 17.8 Å². The van der Waals surface area contributed by atoms with Crippen LogP contribution in [0.5, 0.6) is 5.75 Å². The molecule has 130 valence electrons. The highest BCUT2D eigenvalue weighted by Crippen LogP contribution is 2.33. The Kier molecular flexibility index (Phi) is 6.44. The Morgan fingerprint density at radius 3 is 2.54 bits per heavy atom. The third-order valence-corrected chi connectivity index (χ3v) is 4.08. The summed E-state index contributed by atoms with van der Waals surface area (Å²) in [7, 11) is 0. The van der Waals surface area contributed by atoms with Gasteiger partial charge in [0.05, 0.1) is 0 Å². The Labute approximate surface area is 149 Å². The van der Waals surface area contributed by atoms with Crippen LogP contribution in [0.25, 0.3) is 6.20 Å². The zero-order valence-electron chi connectivity index (χ0n) is 14.9. The molecule has 24 heavy (non-hydrogen) atoms. The van der Waals surface area contributed by atoms with Gasteiger partial charge in [-0.2, -0.15) is 5.10 Å². The number of hydrogen-bond donors (Lipinski definition) is 0. The molecule has 0 amide bonds. The van der Waals surface area contributed by atoms with Gasteiger partial charge in [0.1, 0.15) is 24.5 Å². The number of ether oxygens (including phenoxy) is 1. The van der Waals surface area contributed by atoms with Gasteiger partial charge in [-0.1, -0.05) is 45.7 Å². The second kappa shape index (κ2) is 8.34. The predicted molar refractivity (Wildman–Crippen MR) is 99.1 cm³/mol. The van der Waals surface area contributed by atoms with E-state index in [1.165, 1.54) is 11.9 Å². The predicted octanol–water partition coefficient (Wildman–Crippen LogP) is 5.46. The molecule has 1 heterocycles. The lowest BCUT2D eigenvalue weighted by Gasteiger charge is -2.31. The highest BCUT2D eigenvalue weighted by molar-refractivity contribution is 6.30. The van der Waals surface area contributed by atoms with E-state index in [-0.39, 0.29) is 11.5 Å². The summed E-state index contributed by atoms with van der Waals surface area (Å²) in [6.07, 6.45) is 8.43. The molecule has 0 fully saturated rings. The van der Waals surface area contributed by atoms with E-state index in [4.69, 9.17) is 16.3 Å². The van der Waals surface area contributed by atoms with Crippen molar-refractivity contribution in [3.8, 4) is 5.75 Å². The van der Waals surface area contributed by atoms with Gasteiger partial charge in [0.25, 0.3) is 0 Å². The van der Waals surface area contributed by atoms with Gasteiger partial charge in [-0.05, 0) is 48.1 Å². The molecule has 0 aliphatic rings. The van der Waals surface area contributed by atoms with Crippen molar-refractivity contribution in [2.24, 2.45) is 5.41 Å². The van der Waals surface area contributed by atoms with E-state index in [2.05, 4.69) is 37.8 Å². The molecule has 0 saturated heterocycles. The second-order valence-electron chi connectivity index (χ2n) is 6.91. The number of hydrogen-bond acceptors (Lipinski definition) is 3. The molecule has 1 atom stereocenters. The van der Waals surface area contributed by atoms with E-state index in [0.717, 1.165) is 25.0 Å². The first kappa shape index (κ1) is 18.5. The molecule has 0 aliphatic carbocycles. The molecule has 1 aromatic heterocycles. The number of nitrogens with zero attached hydrogens (tertiary/aromatic N) is 3. The van der Waals surface area contributed by atoms with Crippen molar-refractivity contribution in [3.05, 3.63) is 47.5 Å². The monoisotopic (exact) mass is 347 g/mol. The molecule has 0 saturated carbocycles. The van der Waals surface area contributed by atoms with Gasteiger partial charge >= 0.3 is 0 Å². The van der Waals surface area contributed by atoms with Gasteiger partial charge in [0.2, 0.25) is 0 Å². The third-order valence-electron chi connectivity index (χ3n) is 3.83.